The van der Waals surface area contributed by atoms with Crippen molar-refractivity contribution in [3.05, 3.63) is 0 Å². The fourth-order valence-corrected chi connectivity index (χ4v) is 0. The van der Waals surface area contributed by atoms with E-state index >= 15 is 0 Å². The van der Waals surface area contributed by atoms with Crippen LogP contribution in [0.4, 0.5) is 0 Å². The Balaban J connectivity index is -0.00000000990. The molecule has 9 heavy (non-hydrogen) atoms. The van der Waals surface area contributed by atoms with Crippen molar-refractivity contribution in [3.8, 4) is 0 Å². The van der Waals surface area contributed by atoms with Crippen molar-refractivity contribution in [2.75, 3.05) is 7.11 Å². The van der Waals surface area contributed by atoms with E-state index in [1.165, 1.54) is 0 Å². The molecule has 0 heterocycles. The van der Waals surface area contributed by atoms with Crippen molar-refractivity contribution in [1.29, 1.82) is 0 Å². The minimum atomic E-state index is -2.92. The maximum absolute atomic E-state index is 8.42. The molecule has 0 aromatic rings. The summed E-state index contributed by atoms with van der Waals surface area (Å²) in [5.41, 5.74) is 0. The van der Waals surface area contributed by atoms with Crippen molar-refractivity contribution < 1.29 is 109 Å². The SMILES string of the molecule is CO.[Na+].[Na+].[Na+].[O-]B([O-])[O-]. The van der Waals surface area contributed by atoms with Crippen LogP contribution in [0.5, 0.6) is 0 Å². The maximum atomic E-state index is 8.42. The van der Waals surface area contributed by atoms with E-state index in [2.05, 4.69) is 0 Å². The van der Waals surface area contributed by atoms with Gasteiger partial charge in [-0.3, -0.25) is 7.32 Å². The molecule has 8 heteroatoms. The molecule has 1 N–H and O–H groups in total. The Hall–Kier alpha value is 2.90. The van der Waals surface area contributed by atoms with Gasteiger partial charge in [0.1, 0.15) is 0 Å². The zero-order valence-electron chi connectivity index (χ0n) is 6.25. The minimum Gasteiger partial charge on any atom is -0.907 e. The molecule has 0 aliphatic rings. The van der Waals surface area contributed by atoms with E-state index in [4.69, 9.17) is 20.2 Å². The summed E-state index contributed by atoms with van der Waals surface area (Å²) in [6.07, 6.45) is 0. The summed E-state index contributed by atoms with van der Waals surface area (Å²) in [5.74, 6) is 0. The van der Waals surface area contributed by atoms with Gasteiger partial charge in [-0.1, -0.05) is 0 Å². The van der Waals surface area contributed by atoms with Crippen molar-refractivity contribution in [2.45, 2.75) is 0 Å². The standard InChI is InChI=1S/CH4O.BO3.3Na/c1-2;2-1(3)4;;;/h2H,1H3;;;;/q;-3;3*+1. The predicted octanol–water partition coefficient (Wildman–Crippen LogP) is -13.3. The fourth-order valence-electron chi connectivity index (χ4n) is 0. The summed E-state index contributed by atoms with van der Waals surface area (Å²) in [7, 11) is -1.92. The van der Waals surface area contributed by atoms with Crippen molar-refractivity contribution in [1.82, 2.24) is 0 Å². The largest absolute Gasteiger partial charge is 1.00 e. The second-order valence-corrected chi connectivity index (χ2v) is 0.289. The summed E-state index contributed by atoms with van der Waals surface area (Å²) in [6.45, 7) is 0. The smallest absolute Gasteiger partial charge is 0.907 e. The van der Waals surface area contributed by atoms with E-state index < -0.39 is 7.32 Å². The molecule has 0 atom stereocenters. The number of aliphatic hydroxyl groups excluding tert-OH is 1. The Labute approximate surface area is 121 Å². The van der Waals surface area contributed by atoms with Gasteiger partial charge in [0.2, 0.25) is 0 Å². The van der Waals surface area contributed by atoms with Crippen LogP contribution in [-0.2, 0) is 0 Å². The molecule has 0 rings (SSSR count). The van der Waals surface area contributed by atoms with Crippen LogP contribution < -0.4 is 104 Å². The first-order valence-corrected chi connectivity index (χ1v) is 1.15. The van der Waals surface area contributed by atoms with Gasteiger partial charge in [0.25, 0.3) is 0 Å². The monoisotopic (exact) mass is 160 g/mol. The van der Waals surface area contributed by atoms with Crippen LogP contribution >= 0.6 is 0 Å². The second kappa shape index (κ2) is 30.7. The van der Waals surface area contributed by atoms with Crippen molar-refractivity contribution >= 4 is 7.32 Å². The minimum absolute atomic E-state index is 0. The molecule has 0 aliphatic carbocycles. The molecule has 0 bridgehead atoms. The molecule has 0 aliphatic heterocycles. The molecule has 0 unspecified atom stereocenters. The average molecular weight is 160 g/mol. The fraction of sp³-hybridized carbons (Fsp3) is 1.00. The van der Waals surface area contributed by atoms with Crippen LogP contribution in [0.15, 0.2) is 0 Å². The van der Waals surface area contributed by atoms with Crippen LogP contribution in [0.3, 0.4) is 0 Å². The topological polar surface area (TPSA) is 89.4 Å². The van der Waals surface area contributed by atoms with Crippen molar-refractivity contribution in [3.63, 3.8) is 0 Å². The van der Waals surface area contributed by atoms with Gasteiger partial charge >= 0.3 is 88.7 Å². The van der Waals surface area contributed by atoms with E-state index in [0.717, 1.165) is 7.11 Å². The van der Waals surface area contributed by atoms with Crippen LogP contribution in [0.2, 0.25) is 0 Å². The van der Waals surface area contributed by atoms with Crippen LogP contribution in [0, 0.1) is 0 Å². The number of hydrogen-bond acceptors (Lipinski definition) is 4. The van der Waals surface area contributed by atoms with Gasteiger partial charge in [-0.25, -0.2) is 0 Å². The Morgan fingerprint density at radius 3 is 0.889 bits per heavy atom. The van der Waals surface area contributed by atoms with E-state index in [9.17, 15) is 0 Å². The maximum Gasteiger partial charge on any atom is 1.00 e. The van der Waals surface area contributed by atoms with Gasteiger partial charge in [-0.2, -0.15) is 0 Å². The Bertz CT molecular complexity index is 20.5. The molecule has 0 fully saturated rings. The van der Waals surface area contributed by atoms with E-state index in [-0.39, 0.29) is 88.7 Å². The molecule has 0 spiro atoms. The average Bonchev–Trinajstić information content (AvgIpc) is 1.41. The third kappa shape index (κ3) is 102. The quantitative estimate of drug-likeness (QED) is 0.356. The number of aliphatic hydroxyl groups is 1. The van der Waals surface area contributed by atoms with Gasteiger partial charge in [0.05, 0.1) is 0 Å². The van der Waals surface area contributed by atoms with Gasteiger partial charge in [0, 0.05) is 7.11 Å². The summed E-state index contributed by atoms with van der Waals surface area (Å²) < 4.78 is 0. The Kier molecular flexibility index (Phi) is 101. The summed E-state index contributed by atoms with van der Waals surface area (Å²) >= 11 is 0. The third-order valence-electron chi connectivity index (χ3n) is 0. The van der Waals surface area contributed by atoms with Crippen LogP contribution in [0.1, 0.15) is 0 Å². The van der Waals surface area contributed by atoms with Gasteiger partial charge in [-0.05, 0) is 0 Å². The molecule has 4 nitrogen and oxygen atoms in total. The first-order valence-electron chi connectivity index (χ1n) is 1.15. The molecule has 0 aromatic heterocycles. The predicted molar refractivity (Wildman–Crippen MR) is 13.9 cm³/mol. The van der Waals surface area contributed by atoms with E-state index in [0.29, 0.717) is 0 Å². The van der Waals surface area contributed by atoms with Gasteiger partial charge in [-0.15, -0.1) is 0 Å². The molecule has 0 saturated carbocycles. The molecule has 38 valence electrons. The molecular weight excluding hydrogens is 156 g/mol. The molecular formula is CH4BNa3O4. The van der Waals surface area contributed by atoms with Crippen molar-refractivity contribution in [2.24, 2.45) is 0 Å². The Morgan fingerprint density at radius 2 is 0.889 bits per heavy atom. The molecule has 0 amide bonds. The first-order chi connectivity index (χ1) is 2.73. The summed E-state index contributed by atoms with van der Waals surface area (Å²) in [4.78, 5) is 0. The van der Waals surface area contributed by atoms with E-state index in [1.807, 2.05) is 0 Å². The number of rotatable bonds is 0. The van der Waals surface area contributed by atoms with Crippen LogP contribution in [0.25, 0.3) is 0 Å². The molecule has 0 radical (unpaired) electrons. The number of hydrogen-bond donors (Lipinski definition) is 1. The summed E-state index contributed by atoms with van der Waals surface area (Å²) in [6, 6.07) is 0. The van der Waals surface area contributed by atoms with E-state index in [1.54, 1.807) is 0 Å². The molecule has 0 saturated heterocycles. The summed E-state index contributed by atoms with van der Waals surface area (Å²) in [5, 5.41) is 32.2. The first kappa shape index (κ1) is 29.7. The Morgan fingerprint density at radius 1 is 0.889 bits per heavy atom. The third-order valence-corrected chi connectivity index (χ3v) is 0. The normalized spacial score (nSPS) is 3.67. The van der Waals surface area contributed by atoms with Gasteiger partial charge < -0.3 is 20.2 Å². The zero-order chi connectivity index (χ0) is 5.58. The van der Waals surface area contributed by atoms with Gasteiger partial charge in [0.15, 0.2) is 0 Å². The van der Waals surface area contributed by atoms with Crippen LogP contribution in [-0.4, -0.2) is 19.5 Å². The second-order valence-electron chi connectivity index (χ2n) is 0.289. The zero-order valence-corrected chi connectivity index (χ0v) is 12.2. The molecule has 0 aromatic carbocycles.